The molecule has 5 aromatic rings. The maximum atomic E-state index is 13.1. The van der Waals surface area contributed by atoms with Crippen LogP contribution in [0.3, 0.4) is 0 Å². The number of H-pyrrole nitrogens is 1. The van der Waals surface area contributed by atoms with Gasteiger partial charge in [-0.3, -0.25) is 14.2 Å². The van der Waals surface area contributed by atoms with Crippen LogP contribution in [0.15, 0.2) is 84.0 Å². The Kier molecular flexibility index (Phi) is 5.36. The Morgan fingerprint density at radius 3 is 2.70 bits per heavy atom. The number of carbonyl (C=O) groups excluding carboxylic acids is 1. The van der Waals surface area contributed by atoms with Crippen LogP contribution in [0.25, 0.3) is 21.8 Å². The molecule has 0 fully saturated rings. The van der Waals surface area contributed by atoms with Crippen molar-refractivity contribution in [2.75, 3.05) is 12.4 Å². The Balaban J connectivity index is 1.37. The highest BCUT2D eigenvalue weighted by Gasteiger charge is 2.10. The molecular weight excluding hydrogens is 416 g/mol. The molecule has 0 aliphatic heterocycles. The third kappa shape index (κ3) is 4.08. The number of nitrogens with zero attached hydrogens (tertiary/aromatic N) is 2. The molecule has 0 saturated carbocycles. The summed E-state index contributed by atoms with van der Waals surface area (Å²) in [5.41, 5.74) is 3.72. The zero-order valence-electron chi connectivity index (χ0n) is 18.0. The molecule has 0 aliphatic carbocycles. The van der Waals surface area contributed by atoms with Gasteiger partial charge in [0.25, 0.3) is 11.5 Å². The number of ether oxygens (including phenoxy) is 1. The Bertz CT molecular complexity index is 1520. The number of amides is 1. The fraction of sp³-hybridized carbons (Fsp3) is 0.115. The van der Waals surface area contributed by atoms with Gasteiger partial charge < -0.3 is 15.0 Å². The average molecular weight is 438 g/mol. The maximum absolute atomic E-state index is 13.1. The number of carbonyl (C=O) groups is 1. The SMILES string of the molecule is COc1ccc(C(=O)Nc2ccc3ncn(CCc4c[nH]c5ccccc45)c(=O)c3c2)cc1. The van der Waals surface area contributed by atoms with E-state index in [1.54, 1.807) is 60.5 Å². The molecule has 7 heteroatoms. The van der Waals surface area contributed by atoms with Crippen molar-refractivity contribution in [3.05, 3.63) is 101 Å². The third-order valence-electron chi connectivity index (χ3n) is 5.73. The molecule has 0 atom stereocenters. The van der Waals surface area contributed by atoms with Gasteiger partial charge >= 0.3 is 0 Å². The van der Waals surface area contributed by atoms with E-state index in [1.807, 2.05) is 24.4 Å². The Morgan fingerprint density at radius 2 is 1.88 bits per heavy atom. The number of nitrogens with one attached hydrogen (secondary N) is 2. The smallest absolute Gasteiger partial charge is 0.261 e. The van der Waals surface area contributed by atoms with Crippen molar-refractivity contribution in [2.45, 2.75) is 13.0 Å². The Morgan fingerprint density at radius 1 is 1.06 bits per heavy atom. The molecule has 0 unspecified atom stereocenters. The fourth-order valence-corrected chi connectivity index (χ4v) is 3.92. The van der Waals surface area contributed by atoms with Gasteiger partial charge in [0.05, 0.1) is 24.3 Å². The second-order valence-corrected chi connectivity index (χ2v) is 7.77. The largest absolute Gasteiger partial charge is 0.497 e. The van der Waals surface area contributed by atoms with Gasteiger partial charge in [-0.2, -0.15) is 0 Å². The van der Waals surface area contributed by atoms with E-state index in [0.29, 0.717) is 40.9 Å². The van der Waals surface area contributed by atoms with Gasteiger partial charge in [-0.05, 0) is 60.5 Å². The van der Waals surface area contributed by atoms with Crippen molar-refractivity contribution >= 4 is 33.4 Å². The summed E-state index contributed by atoms with van der Waals surface area (Å²) >= 11 is 0. The summed E-state index contributed by atoms with van der Waals surface area (Å²) in [6.07, 6.45) is 4.26. The molecule has 7 nitrogen and oxygen atoms in total. The number of fused-ring (bicyclic) bond motifs is 2. The minimum atomic E-state index is -0.263. The monoisotopic (exact) mass is 438 g/mol. The molecule has 5 rings (SSSR count). The summed E-state index contributed by atoms with van der Waals surface area (Å²) in [5.74, 6) is 0.414. The van der Waals surface area contributed by atoms with Crippen molar-refractivity contribution in [3.8, 4) is 5.75 Å². The lowest BCUT2D eigenvalue weighted by molar-refractivity contribution is 0.102. The highest BCUT2D eigenvalue weighted by Crippen LogP contribution is 2.19. The first kappa shape index (κ1) is 20.5. The van der Waals surface area contributed by atoms with E-state index < -0.39 is 0 Å². The molecule has 164 valence electrons. The number of aryl methyl sites for hydroxylation is 2. The van der Waals surface area contributed by atoms with Crippen LogP contribution in [0.5, 0.6) is 5.75 Å². The lowest BCUT2D eigenvalue weighted by Crippen LogP contribution is -2.22. The summed E-state index contributed by atoms with van der Waals surface area (Å²) in [6, 6.07) is 20.1. The predicted octanol–water partition coefficient (Wildman–Crippen LogP) is 4.38. The molecule has 3 aromatic carbocycles. The summed E-state index contributed by atoms with van der Waals surface area (Å²) in [6.45, 7) is 0.506. The minimum absolute atomic E-state index is 0.139. The van der Waals surface area contributed by atoms with Gasteiger partial charge in [-0.1, -0.05) is 18.2 Å². The number of aromatic amines is 1. The normalized spacial score (nSPS) is 11.1. The Hall–Kier alpha value is -4.39. The number of hydrogen-bond acceptors (Lipinski definition) is 4. The van der Waals surface area contributed by atoms with E-state index >= 15 is 0 Å². The molecule has 0 bridgehead atoms. The van der Waals surface area contributed by atoms with E-state index in [2.05, 4.69) is 21.4 Å². The lowest BCUT2D eigenvalue weighted by atomic mass is 10.1. The standard InChI is InChI=1S/C26H22N4O3/c1-33-20-9-6-17(7-10-20)25(31)29-19-8-11-24-22(14-19)26(32)30(16-28-24)13-12-18-15-27-23-5-3-2-4-21(18)23/h2-11,14-16,27H,12-13H2,1H3,(H,29,31). The van der Waals surface area contributed by atoms with Crippen LogP contribution in [-0.2, 0) is 13.0 Å². The number of rotatable bonds is 6. The fourth-order valence-electron chi connectivity index (χ4n) is 3.92. The number of benzene rings is 3. The molecule has 0 spiro atoms. The van der Waals surface area contributed by atoms with Crippen molar-refractivity contribution in [1.29, 1.82) is 0 Å². The molecule has 1 amide bonds. The molecule has 2 N–H and O–H groups in total. The first-order chi connectivity index (χ1) is 16.1. The van der Waals surface area contributed by atoms with E-state index in [0.717, 1.165) is 16.5 Å². The van der Waals surface area contributed by atoms with Crippen LogP contribution < -0.4 is 15.6 Å². The van der Waals surface area contributed by atoms with Crippen LogP contribution in [0.2, 0.25) is 0 Å². The van der Waals surface area contributed by atoms with Gasteiger partial charge in [0.15, 0.2) is 0 Å². The average Bonchev–Trinajstić information content (AvgIpc) is 3.27. The molecule has 0 saturated heterocycles. The summed E-state index contributed by atoms with van der Waals surface area (Å²) in [4.78, 5) is 33.4. The van der Waals surface area contributed by atoms with Gasteiger partial charge in [0, 0.05) is 34.9 Å². The van der Waals surface area contributed by atoms with Crippen molar-refractivity contribution in [2.24, 2.45) is 0 Å². The predicted molar refractivity (Wildman–Crippen MR) is 129 cm³/mol. The van der Waals surface area contributed by atoms with Crippen LogP contribution in [0, 0.1) is 0 Å². The highest BCUT2D eigenvalue weighted by atomic mass is 16.5. The lowest BCUT2D eigenvalue weighted by Gasteiger charge is -2.09. The molecule has 0 radical (unpaired) electrons. The van der Waals surface area contributed by atoms with Crippen molar-refractivity contribution in [3.63, 3.8) is 0 Å². The number of methoxy groups -OCH3 is 1. The first-order valence-corrected chi connectivity index (χ1v) is 10.6. The van der Waals surface area contributed by atoms with Crippen LogP contribution in [0.4, 0.5) is 5.69 Å². The van der Waals surface area contributed by atoms with Crippen LogP contribution >= 0.6 is 0 Å². The second-order valence-electron chi connectivity index (χ2n) is 7.77. The first-order valence-electron chi connectivity index (χ1n) is 10.6. The van der Waals surface area contributed by atoms with Gasteiger partial charge in [0.2, 0.25) is 0 Å². The molecular formula is C26H22N4O3. The van der Waals surface area contributed by atoms with E-state index in [4.69, 9.17) is 4.74 Å². The summed E-state index contributed by atoms with van der Waals surface area (Å²) in [5, 5.41) is 4.47. The van der Waals surface area contributed by atoms with Crippen LogP contribution in [-0.4, -0.2) is 27.6 Å². The minimum Gasteiger partial charge on any atom is -0.497 e. The highest BCUT2D eigenvalue weighted by molar-refractivity contribution is 6.05. The third-order valence-corrected chi connectivity index (χ3v) is 5.73. The number of para-hydroxylation sites is 1. The van der Waals surface area contributed by atoms with Gasteiger partial charge in [-0.25, -0.2) is 4.98 Å². The molecule has 33 heavy (non-hydrogen) atoms. The van der Waals surface area contributed by atoms with E-state index in [9.17, 15) is 9.59 Å². The zero-order valence-corrected chi connectivity index (χ0v) is 18.0. The zero-order chi connectivity index (χ0) is 22.8. The summed E-state index contributed by atoms with van der Waals surface area (Å²) < 4.78 is 6.74. The van der Waals surface area contributed by atoms with E-state index in [-0.39, 0.29) is 11.5 Å². The van der Waals surface area contributed by atoms with E-state index in [1.165, 1.54) is 0 Å². The maximum Gasteiger partial charge on any atom is 0.261 e. The van der Waals surface area contributed by atoms with Crippen LogP contribution in [0.1, 0.15) is 15.9 Å². The number of hydrogen-bond donors (Lipinski definition) is 2. The number of anilines is 1. The van der Waals surface area contributed by atoms with Gasteiger partial charge in [0.1, 0.15) is 5.75 Å². The van der Waals surface area contributed by atoms with Gasteiger partial charge in [-0.15, -0.1) is 0 Å². The molecule has 2 aromatic heterocycles. The van der Waals surface area contributed by atoms with Crippen molar-refractivity contribution < 1.29 is 9.53 Å². The quantitative estimate of drug-likeness (QED) is 0.412. The summed E-state index contributed by atoms with van der Waals surface area (Å²) in [7, 11) is 1.57. The second kappa shape index (κ2) is 8.63. The number of aromatic nitrogens is 3. The molecule has 2 heterocycles. The van der Waals surface area contributed by atoms with Crippen molar-refractivity contribution in [1.82, 2.24) is 14.5 Å². The molecule has 0 aliphatic rings. The Labute approximate surface area is 189 Å². The topological polar surface area (TPSA) is 89.0 Å².